The number of fused-ring (bicyclic) bond motifs is 1. The molecule has 0 spiro atoms. The Kier molecular flexibility index (Phi) is 3.83. The Bertz CT molecular complexity index is 578. The smallest absolute Gasteiger partial charge is 0.163 e. The Morgan fingerprint density at radius 3 is 2.95 bits per heavy atom. The number of nitriles is 1. The zero-order chi connectivity index (χ0) is 14.9. The summed E-state index contributed by atoms with van der Waals surface area (Å²) >= 11 is 0. The van der Waals surface area contributed by atoms with Crippen molar-refractivity contribution < 1.29 is 9.47 Å². The van der Waals surface area contributed by atoms with Crippen molar-refractivity contribution in [1.29, 1.82) is 5.26 Å². The van der Waals surface area contributed by atoms with E-state index >= 15 is 0 Å². The van der Waals surface area contributed by atoms with Crippen molar-refractivity contribution in [3.63, 3.8) is 0 Å². The van der Waals surface area contributed by atoms with Crippen molar-refractivity contribution in [2.45, 2.75) is 51.4 Å². The van der Waals surface area contributed by atoms with E-state index in [0.717, 1.165) is 18.5 Å². The van der Waals surface area contributed by atoms with Gasteiger partial charge in [-0.25, -0.2) is 4.98 Å². The number of hydrogen-bond acceptors (Lipinski definition) is 5. The maximum atomic E-state index is 9.31. The van der Waals surface area contributed by atoms with Gasteiger partial charge in [0.2, 0.25) is 0 Å². The van der Waals surface area contributed by atoms with E-state index in [1.807, 2.05) is 19.9 Å². The van der Waals surface area contributed by atoms with Crippen molar-refractivity contribution in [3.05, 3.63) is 22.9 Å². The van der Waals surface area contributed by atoms with Gasteiger partial charge in [0.05, 0.1) is 12.2 Å². The van der Waals surface area contributed by atoms with Crippen LogP contribution in [0.3, 0.4) is 0 Å². The van der Waals surface area contributed by atoms with Crippen LogP contribution in [0, 0.1) is 11.3 Å². The molecule has 1 aromatic rings. The molecule has 2 heterocycles. The summed E-state index contributed by atoms with van der Waals surface area (Å²) in [7, 11) is 0. The van der Waals surface area contributed by atoms with Crippen LogP contribution in [0.2, 0.25) is 0 Å². The van der Waals surface area contributed by atoms with Crippen molar-refractivity contribution in [2.75, 3.05) is 18.5 Å². The first kappa shape index (κ1) is 14.3. The summed E-state index contributed by atoms with van der Waals surface area (Å²) in [5.74, 6) is 0.152. The van der Waals surface area contributed by atoms with Gasteiger partial charge in [0.25, 0.3) is 0 Å². The van der Waals surface area contributed by atoms with Crippen molar-refractivity contribution in [2.24, 2.45) is 0 Å². The van der Waals surface area contributed by atoms with Crippen LogP contribution in [-0.4, -0.2) is 30.0 Å². The molecule has 21 heavy (non-hydrogen) atoms. The Labute approximate surface area is 125 Å². The summed E-state index contributed by atoms with van der Waals surface area (Å²) in [5.41, 5.74) is 2.98. The minimum atomic E-state index is -0.520. The molecule has 1 saturated heterocycles. The molecule has 3 rings (SSSR count). The molecule has 1 aromatic heterocycles. The minimum absolute atomic E-state index is 0.00984. The van der Waals surface area contributed by atoms with E-state index in [2.05, 4.69) is 16.4 Å². The fourth-order valence-corrected chi connectivity index (χ4v) is 2.93. The largest absolute Gasteiger partial charge is 0.366 e. The summed E-state index contributed by atoms with van der Waals surface area (Å²) < 4.78 is 11.3. The first-order valence-electron chi connectivity index (χ1n) is 7.56. The van der Waals surface area contributed by atoms with E-state index in [1.54, 1.807) is 0 Å². The van der Waals surface area contributed by atoms with Gasteiger partial charge in [-0.2, -0.15) is 5.26 Å². The van der Waals surface area contributed by atoms with E-state index in [9.17, 15) is 5.26 Å². The van der Waals surface area contributed by atoms with Gasteiger partial charge < -0.3 is 14.8 Å². The number of pyridine rings is 1. The number of nitrogens with one attached hydrogen (secondary N) is 1. The number of aromatic nitrogens is 1. The molecule has 1 unspecified atom stereocenters. The van der Waals surface area contributed by atoms with Gasteiger partial charge in [0.15, 0.2) is 5.79 Å². The average Bonchev–Trinajstić information content (AvgIpc) is 2.83. The van der Waals surface area contributed by atoms with Gasteiger partial charge in [-0.1, -0.05) is 0 Å². The summed E-state index contributed by atoms with van der Waals surface area (Å²) in [6.45, 7) is 4.98. The van der Waals surface area contributed by atoms with Crippen LogP contribution in [0.15, 0.2) is 6.07 Å². The molecule has 0 bridgehead atoms. The third-order valence-corrected chi connectivity index (χ3v) is 3.99. The van der Waals surface area contributed by atoms with Gasteiger partial charge in [0.1, 0.15) is 18.0 Å². The van der Waals surface area contributed by atoms with Gasteiger partial charge in [0, 0.05) is 12.2 Å². The Morgan fingerprint density at radius 1 is 1.43 bits per heavy atom. The van der Waals surface area contributed by atoms with Crippen LogP contribution >= 0.6 is 0 Å². The highest BCUT2D eigenvalue weighted by atomic mass is 16.7. The minimum Gasteiger partial charge on any atom is -0.366 e. The van der Waals surface area contributed by atoms with Gasteiger partial charge in [-0.05, 0) is 51.2 Å². The summed E-state index contributed by atoms with van der Waals surface area (Å²) in [6, 6.07) is 4.23. The number of ether oxygens (including phenoxy) is 2. The molecule has 1 aliphatic carbocycles. The van der Waals surface area contributed by atoms with Gasteiger partial charge in [-0.15, -0.1) is 0 Å². The topological polar surface area (TPSA) is 67.2 Å². The van der Waals surface area contributed by atoms with Crippen LogP contribution in [0.25, 0.3) is 0 Å². The lowest BCUT2D eigenvalue weighted by Gasteiger charge is -2.19. The normalized spacial score (nSPS) is 23.4. The second-order valence-corrected chi connectivity index (χ2v) is 6.14. The maximum Gasteiger partial charge on any atom is 0.163 e. The number of aryl methyl sites for hydroxylation is 2. The molecule has 112 valence electrons. The molecule has 2 aliphatic rings. The molecular weight excluding hydrogens is 266 g/mol. The molecule has 0 amide bonds. The van der Waals surface area contributed by atoms with E-state index in [4.69, 9.17) is 9.47 Å². The zero-order valence-electron chi connectivity index (χ0n) is 12.6. The predicted octanol–water partition coefficient (Wildman–Crippen LogP) is 2.40. The van der Waals surface area contributed by atoms with E-state index in [1.165, 1.54) is 18.4 Å². The summed E-state index contributed by atoms with van der Waals surface area (Å²) in [5, 5.41) is 12.6. The average molecular weight is 287 g/mol. The van der Waals surface area contributed by atoms with Crippen LogP contribution in [0.5, 0.6) is 0 Å². The second kappa shape index (κ2) is 5.63. The van der Waals surface area contributed by atoms with Crippen molar-refractivity contribution >= 4 is 5.82 Å². The van der Waals surface area contributed by atoms with Crippen LogP contribution in [-0.2, 0) is 22.3 Å². The molecule has 1 fully saturated rings. The highest BCUT2D eigenvalue weighted by molar-refractivity contribution is 5.54. The molecule has 0 radical (unpaired) electrons. The fraction of sp³-hybridized carbons (Fsp3) is 0.625. The lowest BCUT2D eigenvalue weighted by Crippen LogP contribution is -2.26. The van der Waals surface area contributed by atoms with Crippen molar-refractivity contribution in [1.82, 2.24) is 4.98 Å². The molecule has 1 aliphatic heterocycles. The number of rotatable bonds is 3. The molecule has 1 N–H and O–H groups in total. The fourth-order valence-electron chi connectivity index (χ4n) is 2.93. The molecule has 0 aromatic carbocycles. The van der Waals surface area contributed by atoms with Crippen LogP contribution < -0.4 is 5.32 Å². The standard InChI is InChI=1S/C16H21N3O2/c1-16(2)20-10-13(21-16)9-18-15-12(8-17)7-11-5-3-4-6-14(11)19-15/h7,13H,3-6,9-10H2,1-2H3,(H,18,19). The molecule has 0 saturated carbocycles. The first-order valence-corrected chi connectivity index (χ1v) is 7.56. The zero-order valence-corrected chi connectivity index (χ0v) is 12.6. The quantitative estimate of drug-likeness (QED) is 0.924. The van der Waals surface area contributed by atoms with Crippen LogP contribution in [0.1, 0.15) is 43.5 Å². The Morgan fingerprint density at radius 2 is 2.24 bits per heavy atom. The van der Waals surface area contributed by atoms with Gasteiger partial charge in [-0.3, -0.25) is 0 Å². The Balaban J connectivity index is 1.72. The van der Waals surface area contributed by atoms with E-state index in [-0.39, 0.29) is 6.10 Å². The summed E-state index contributed by atoms with van der Waals surface area (Å²) in [4.78, 5) is 4.65. The molecule has 5 nitrogen and oxygen atoms in total. The highest BCUT2D eigenvalue weighted by Gasteiger charge is 2.32. The number of anilines is 1. The monoisotopic (exact) mass is 287 g/mol. The third-order valence-electron chi connectivity index (χ3n) is 3.99. The molecule has 1 atom stereocenters. The van der Waals surface area contributed by atoms with Crippen molar-refractivity contribution in [3.8, 4) is 6.07 Å². The molecular formula is C16H21N3O2. The lowest BCUT2D eigenvalue weighted by atomic mass is 9.95. The SMILES string of the molecule is CC1(C)OCC(CNc2nc3c(cc2C#N)CCCC3)O1. The predicted molar refractivity (Wildman–Crippen MR) is 79.0 cm³/mol. The number of hydrogen-bond donors (Lipinski definition) is 1. The Hall–Kier alpha value is -1.64. The number of nitrogens with zero attached hydrogens (tertiary/aromatic N) is 2. The van der Waals surface area contributed by atoms with Gasteiger partial charge >= 0.3 is 0 Å². The third kappa shape index (κ3) is 3.17. The lowest BCUT2D eigenvalue weighted by molar-refractivity contribution is -0.136. The van der Waals surface area contributed by atoms with E-state index in [0.29, 0.717) is 24.5 Å². The van der Waals surface area contributed by atoms with E-state index < -0.39 is 5.79 Å². The second-order valence-electron chi connectivity index (χ2n) is 6.14. The summed E-state index contributed by atoms with van der Waals surface area (Å²) in [6.07, 6.45) is 4.40. The highest BCUT2D eigenvalue weighted by Crippen LogP contribution is 2.26. The maximum absolute atomic E-state index is 9.31. The first-order chi connectivity index (χ1) is 10.1. The van der Waals surface area contributed by atoms with Crippen LogP contribution in [0.4, 0.5) is 5.82 Å². The molecule has 5 heteroatoms.